The summed E-state index contributed by atoms with van der Waals surface area (Å²) in [6.45, 7) is 7.39. The van der Waals surface area contributed by atoms with Crippen molar-refractivity contribution < 1.29 is 41.1 Å². The summed E-state index contributed by atoms with van der Waals surface area (Å²) in [5, 5.41) is 0. The normalized spacial score (nSPS) is 14.0. The van der Waals surface area contributed by atoms with Crippen LogP contribution >= 0.6 is 7.60 Å². The fourth-order valence-corrected chi connectivity index (χ4v) is 5.97. The van der Waals surface area contributed by atoms with E-state index in [1.54, 1.807) is 19.1 Å². The molecule has 12 heteroatoms. The van der Waals surface area contributed by atoms with Crippen LogP contribution in [-0.2, 0) is 42.7 Å². The minimum absolute atomic E-state index is 0.103. The predicted octanol–water partition coefficient (Wildman–Crippen LogP) is 2.40. The molecule has 1 aromatic rings. The van der Waals surface area contributed by atoms with Gasteiger partial charge in [-0.15, -0.1) is 0 Å². The lowest BCUT2D eigenvalue weighted by Gasteiger charge is -2.30. The fourth-order valence-electron chi connectivity index (χ4n) is 2.66. The number of carbonyl (C=O) groups is 2. The number of sulfonamides is 1. The van der Waals surface area contributed by atoms with Gasteiger partial charge < -0.3 is 18.5 Å². The molecule has 0 radical (unpaired) electrons. The van der Waals surface area contributed by atoms with Crippen molar-refractivity contribution >= 4 is 29.6 Å². The van der Waals surface area contributed by atoms with E-state index in [1.807, 2.05) is 0 Å². The summed E-state index contributed by atoms with van der Waals surface area (Å²) in [6, 6.07) is 3.91. The van der Waals surface area contributed by atoms with Crippen LogP contribution in [0.3, 0.4) is 0 Å². The van der Waals surface area contributed by atoms with Gasteiger partial charge in [0.2, 0.25) is 10.0 Å². The maximum Gasteiger partial charge on any atom is 0.347 e. The third kappa shape index (κ3) is 7.40. The lowest BCUT2D eigenvalue weighted by Crippen LogP contribution is -2.53. The van der Waals surface area contributed by atoms with E-state index in [0.29, 0.717) is 0 Å². The van der Waals surface area contributed by atoms with Crippen molar-refractivity contribution in [1.29, 1.82) is 0 Å². The highest BCUT2D eigenvalue weighted by atomic mass is 32.2. The zero-order valence-corrected chi connectivity index (χ0v) is 20.0. The van der Waals surface area contributed by atoms with E-state index in [0.717, 1.165) is 5.56 Å². The largest absolute Gasteiger partial charge is 0.465 e. The van der Waals surface area contributed by atoms with E-state index >= 15 is 0 Å². The molecule has 0 bridgehead atoms. The molecule has 0 heterocycles. The zero-order chi connectivity index (χ0) is 23.7. The number of ether oxygens (including phenoxy) is 2. The van der Waals surface area contributed by atoms with Crippen LogP contribution in [-0.4, -0.2) is 58.5 Å². The Kier molecular flexibility index (Phi) is 10.8. The van der Waals surface area contributed by atoms with Gasteiger partial charge in [0.15, 0.2) is 5.66 Å². The summed E-state index contributed by atoms with van der Waals surface area (Å²) >= 11 is 0. The molecule has 2 unspecified atom stereocenters. The van der Waals surface area contributed by atoms with Gasteiger partial charge in [-0.05, 0) is 46.8 Å². The highest BCUT2D eigenvalue weighted by Gasteiger charge is 2.52. The van der Waals surface area contributed by atoms with Crippen LogP contribution < -0.4 is 4.72 Å². The maximum absolute atomic E-state index is 13.5. The van der Waals surface area contributed by atoms with Crippen molar-refractivity contribution in [2.45, 2.75) is 51.2 Å². The van der Waals surface area contributed by atoms with Gasteiger partial charge >= 0.3 is 19.5 Å². The predicted molar refractivity (Wildman–Crippen MR) is 113 cm³/mol. The molecule has 31 heavy (non-hydrogen) atoms. The molecular weight excluding hydrogens is 449 g/mol. The van der Waals surface area contributed by atoms with Crippen LogP contribution in [0.5, 0.6) is 0 Å². The Morgan fingerprint density at radius 1 is 0.903 bits per heavy atom. The van der Waals surface area contributed by atoms with E-state index in [1.165, 1.54) is 39.8 Å². The average molecular weight is 479 g/mol. The second kappa shape index (κ2) is 12.3. The summed E-state index contributed by atoms with van der Waals surface area (Å²) in [7, 11) is -8.65. The zero-order valence-electron chi connectivity index (χ0n) is 18.3. The van der Waals surface area contributed by atoms with Gasteiger partial charge in [-0.25, -0.2) is 8.42 Å². The van der Waals surface area contributed by atoms with Crippen molar-refractivity contribution in [2.24, 2.45) is 0 Å². The Hall–Kier alpha value is -1.78. The van der Waals surface area contributed by atoms with Crippen molar-refractivity contribution in [2.75, 3.05) is 26.4 Å². The van der Waals surface area contributed by atoms with Gasteiger partial charge in [-0.3, -0.25) is 14.2 Å². The molecule has 176 valence electrons. The Balaban J connectivity index is 3.56. The molecule has 1 N–H and O–H groups in total. The first kappa shape index (κ1) is 27.3. The van der Waals surface area contributed by atoms with Crippen LogP contribution in [0.1, 0.15) is 33.3 Å². The highest BCUT2D eigenvalue weighted by molar-refractivity contribution is 7.89. The molecule has 0 spiro atoms. The van der Waals surface area contributed by atoms with Crippen LogP contribution in [0.15, 0.2) is 29.2 Å². The number of benzene rings is 1. The minimum atomic E-state index is -4.34. The fraction of sp³-hybridized carbons (Fsp3) is 0.579. The quantitative estimate of drug-likeness (QED) is 0.334. The van der Waals surface area contributed by atoms with Crippen molar-refractivity contribution in [1.82, 2.24) is 4.72 Å². The van der Waals surface area contributed by atoms with Crippen molar-refractivity contribution in [3.05, 3.63) is 29.8 Å². The minimum Gasteiger partial charge on any atom is -0.465 e. The third-order valence-corrected chi connectivity index (χ3v) is 7.84. The second-order valence-electron chi connectivity index (χ2n) is 6.24. The van der Waals surface area contributed by atoms with Gasteiger partial charge in [0.25, 0.3) is 0 Å². The number of nitrogens with one attached hydrogen (secondary N) is 1. The molecule has 0 saturated heterocycles. The first-order valence-corrected chi connectivity index (χ1v) is 13.0. The molecule has 1 aromatic carbocycles. The van der Waals surface area contributed by atoms with Gasteiger partial charge in [0.05, 0.1) is 31.3 Å². The molecule has 1 rings (SSSR count). The van der Waals surface area contributed by atoms with Crippen LogP contribution in [0.25, 0.3) is 0 Å². The van der Waals surface area contributed by atoms with Crippen LogP contribution in [0, 0.1) is 6.92 Å². The molecule has 0 saturated carbocycles. The average Bonchev–Trinajstić information content (AvgIpc) is 2.68. The molecule has 0 aliphatic heterocycles. The number of aryl methyl sites for hydroxylation is 1. The Labute approximate surface area is 183 Å². The van der Waals surface area contributed by atoms with Gasteiger partial charge in [-0.1, -0.05) is 17.7 Å². The summed E-state index contributed by atoms with van der Waals surface area (Å²) < 4.78 is 61.9. The highest BCUT2D eigenvalue weighted by Crippen LogP contribution is 2.55. The topological polar surface area (TPSA) is 134 Å². The molecule has 2 atom stereocenters. The summed E-state index contributed by atoms with van der Waals surface area (Å²) in [6.07, 6.45) is 0. The maximum atomic E-state index is 13.5. The number of hydrogen-bond acceptors (Lipinski definition) is 9. The third-order valence-electron chi connectivity index (χ3n) is 3.96. The van der Waals surface area contributed by atoms with E-state index in [4.69, 9.17) is 18.5 Å². The first-order chi connectivity index (χ1) is 14.6. The van der Waals surface area contributed by atoms with Gasteiger partial charge in [0.1, 0.15) is 6.04 Å². The molecular formula is C19H30NO9PS. The Bertz CT molecular complexity index is 876. The lowest BCUT2D eigenvalue weighted by molar-refractivity contribution is -0.151. The van der Waals surface area contributed by atoms with Gasteiger partial charge in [-0.2, -0.15) is 4.72 Å². The summed E-state index contributed by atoms with van der Waals surface area (Å²) in [5.74, 6) is -2.23. The van der Waals surface area contributed by atoms with Crippen LogP contribution in [0.2, 0.25) is 0 Å². The second-order valence-corrected chi connectivity index (χ2v) is 10.1. The van der Waals surface area contributed by atoms with E-state index in [9.17, 15) is 22.6 Å². The SMILES string of the molecule is CCOC(=O)C(NS(=O)(=O)c1ccc(C)cc1)C(C(=O)OCC)P(=O)(OCC)OCC. The Morgan fingerprint density at radius 2 is 1.39 bits per heavy atom. The van der Waals surface area contributed by atoms with Crippen molar-refractivity contribution in [3.8, 4) is 0 Å². The number of hydrogen-bond donors (Lipinski definition) is 1. The number of carbonyl (C=O) groups excluding carboxylic acids is 2. The summed E-state index contributed by atoms with van der Waals surface area (Å²) in [4.78, 5) is 25.3. The van der Waals surface area contributed by atoms with E-state index in [2.05, 4.69) is 4.72 Å². The molecule has 10 nitrogen and oxygen atoms in total. The first-order valence-electron chi connectivity index (χ1n) is 9.87. The van der Waals surface area contributed by atoms with Crippen molar-refractivity contribution in [3.63, 3.8) is 0 Å². The summed E-state index contributed by atoms with van der Waals surface area (Å²) in [5.41, 5.74) is -1.09. The number of rotatable bonds is 13. The smallest absolute Gasteiger partial charge is 0.347 e. The molecule has 0 amide bonds. The molecule has 0 aliphatic rings. The monoisotopic (exact) mass is 479 g/mol. The van der Waals surface area contributed by atoms with E-state index < -0.39 is 41.3 Å². The van der Waals surface area contributed by atoms with Crippen LogP contribution in [0.4, 0.5) is 0 Å². The standard InChI is InChI=1S/C19H30NO9PS/c1-6-26-18(21)16(20-31(24,25)15-12-10-14(5)11-13-15)17(19(22)27-7-2)30(23,28-8-3)29-9-4/h10-13,16-17,20H,6-9H2,1-5H3. The molecule has 0 fully saturated rings. The number of esters is 2. The van der Waals surface area contributed by atoms with Gasteiger partial charge in [0, 0.05) is 0 Å². The molecule has 0 aliphatic carbocycles. The Morgan fingerprint density at radius 3 is 1.84 bits per heavy atom. The molecule has 0 aromatic heterocycles. The lowest BCUT2D eigenvalue weighted by atomic mass is 10.2. The van der Waals surface area contributed by atoms with E-state index in [-0.39, 0.29) is 31.3 Å².